The fraction of sp³-hybridized carbons (Fsp3) is 0.526. The van der Waals surface area contributed by atoms with Gasteiger partial charge in [-0.15, -0.1) is 11.3 Å². The zero-order chi connectivity index (χ0) is 15.7. The van der Waals surface area contributed by atoms with Crippen molar-refractivity contribution in [2.75, 3.05) is 0 Å². The molecule has 118 valence electrons. The quantitative estimate of drug-likeness (QED) is 0.902. The van der Waals surface area contributed by atoms with Gasteiger partial charge in [-0.2, -0.15) is 0 Å². The molecule has 2 aromatic rings. The molecule has 0 saturated heterocycles. The van der Waals surface area contributed by atoms with Crippen molar-refractivity contribution in [3.8, 4) is 0 Å². The number of hydrogen-bond donors (Lipinski definition) is 1. The smallest absolute Gasteiger partial charge is 0.0947 e. The maximum absolute atomic E-state index is 6.45. The molecule has 1 aromatic carbocycles. The van der Waals surface area contributed by atoms with Gasteiger partial charge in [-0.05, 0) is 42.4 Å². The van der Waals surface area contributed by atoms with E-state index in [0.29, 0.717) is 0 Å². The molecule has 0 spiro atoms. The van der Waals surface area contributed by atoms with E-state index >= 15 is 0 Å². The lowest BCUT2D eigenvalue weighted by atomic mass is 9.89. The third kappa shape index (κ3) is 3.41. The fourth-order valence-corrected chi connectivity index (χ4v) is 4.12. The van der Waals surface area contributed by atoms with Crippen LogP contribution in [0.25, 0.3) is 0 Å². The number of aromatic nitrogens is 1. The first-order valence-corrected chi connectivity index (χ1v) is 9.13. The van der Waals surface area contributed by atoms with Gasteiger partial charge in [0.15, 0.2) is 0 Å². The highest BCUT2D eigenvalue weighted by molar-refractivity contribution is 7.09. The van der Waals surface area contributed by atoms with Crippen LogP contribution in [0.4, 0.5) is 0 Å². The number of aryl methyl sites for hydroxylation is 2. The molecule has 0 aliphatic heterocycles. The summed E-state index contributed by atoms with van der Waals surface area (Å²) in [7, 11) is 0. The van der Waals surface area contributed by atoms with E-state index in [1.165, 1.54) is 48.1 Å². The van der Waals surface area contributed by atoms with Gasteiger partial charge in [-0.25, -0.2) is 4.98 Å². The molecular formula is C19H26N2S. The lowest BCUT2D eigenvalue weighted by molar-refractivity contribution is 0.569. The highest BCUT2D eigenvalue weighted by atomic mass is 32.1. The van der Waals surface area contributed by atoms with Crippen LogP contribution in [0.1, 0.15) is 67.0 Å². The van der Waals surface area contributed by atoms with Crippen molar-refractivity contribution < 1.29 is 0 Å². The van der Waals surface area contributed by atoms with Crippen LogP contribution in [-0.4, -0.2) is 4.98 Å². The monoisotopic (exact) mass is 314 g/mol. The molecule has 1 heterocycles. The van der Waals surface area contributed by atoms with Crippen molar-refractivity contribution in [1.29, 1.82) is 0 Å². The van der Waals surface area contributed by atoms with Crippen LogP contribution in [0.2, 0.25) is 0 Å². The first kappa shape index (κ1) is 15.7. The molecular weight excluding hydrogens is 288 g/mol. The number of hydrogen-bond acceptors (Lipinski definition) is 3. The van der Waals surface area contributed by atoms with Crippen molar-refractivity contribution >= 4 is 11.3 Å². The summed E-state index contributed by atoms with van der Waals surface area (Å²) in [6.07, 6.45) is 5.91. The second-order valence-corrected chi connectivity index (χ2v) is 8.37. The average Bonchev–Trinajstić information content (AvgIpc) is 2.95. The van der Waals surface area contributed by atoms with Gasteiger partial charge < -0.3 is 5.73 Å². The lowest BCUT2D eigenvalue weighted by Gasteiger charge is -2.19. The maximum Gasteiger partial charge on any atom is 0.0947 e. The Kier molecular flexibility index (Phi) is 4.37. The molecule has 1 atom stereocenters. The first-order chi connectivity index (χ1) is 10.4. The molecule has 2 N–H and O–H groups in total. The van der Waals surface area contributed by atoms with E-state index in [2.05, 4.69) is 44.4 Å². The Bertz CT molecular complexity index is 652. The summed E-state index contributed by atoms with van der Waals surface area (Å²) < 4.78 is 0. The van der Waals surface area contributed by atoms with Crippen LogP contribution in [0.5, 0.6) is 0 Å². The summed E-state index contributed by atoms with van der Waals surface area (Å²) in [5.74, 6) is 0. The number of fused-ring (bicyclic) bond motifs is 1. The average molecular weight is 314 g/mol. The van der Waals surface area contributed by atoms with Gasteiger partial charge in [-0.3, -0.25) is 0 Å². The molecule has 0 radical (unpaired) electrons. The Morgan fingerprint density at radius 1 is 1.18 bits per heavy atom. The molecule has 0 bridgehead atoms. The Hall–Kier alpha value is -1.19. The van der Waals surface area contributed by atoms with Gasteiger partial charge in [0.1, 0.15) is 0 Å². The molecule has 3 heteroatoms. The van der Waals surface area contributed by atoms with Gasteiger partial charge in [-0.1, -0.05) is 39.0 Å². The molecule has 0 fully saturated rings. The summed E-state index contributed by atoms with van der Waals surface area (Å²) in [5.41, 5.74) is 12.0. The summed E-state index contributed by atoms with van der Waals surface area (Å²) in [6.45, 7) is 6.61. The first-order valence-electron chi connectivity index (χ1n) is 8.25. The summed E-state index contributed by atoms with van der Waals surface area (Å²) in [5, 5.41) is 3.32. The fourth-order valence-electron chi connectivity index (χ4n) is 3.04. The predicted molar refractivity (Wildman–Crippen MR) is 94.5 cm³/mol. The number of rotatable bonds is 3. The second-order valence-electron chi connectivity index (χ2n) is 7.42. The minimum Gasteiger partial charge on any atom is -0.324 e. The molecule has 1 aliphatic rings. The van der Waals surface area contributed by atoms with E-state index in [9.17, 15) is 0 Å². The van der Waals surface area contributed by atoms with E-state index in [0.717, 1.165) is 11.4 Å². The van der Waals surface area contributed by atoms with Gasteiger partial charge in [0.05, 0.1) is 10.7 Å². The number of benzene rings is 1. The standard InChI is InChI=1S/C19H26N2S/c1-19(2,3)17-12-22-18(21-17)11-16(20)15-9-8-13-6-4-5-7-14(13)10-15/h8-10,12,16H,4-7,11,20H2,1-3H3. The molecule has 3 rings (SSSR count). The second kappa shape index (κ2) is 6.13. The van der Waals surface area contributed by atoms with Crippen LogP contribution in [0, 0.1) is 0 Å². The van der Waals surface area contributed by atoms with Crippen molar-refractivity contribution in [2.45, 2.75) is 64.3 Å². The number of thiazole rings is 1. The topological polar surface area (TPSA) is 38.9 Å². The summed E-state index contributed by atoms with van der Waals surface area (Å²) in [6, 6.07) is 6.88. The molecule has 1 aliphatic carbocycles. The SMILES string of the molecule is CC(C)(C)c1csc(CC(N)c2ccc3c(c2)CCCC3)n1. The van der Waals surface area contributed by atoms with Crippen molar-refractivity contribution in [3.63, 3.8) is 0 Å². The minimum atomic E-state index is 0.0474. The van der Waals surface area contributed by atoms with Crippen LogP contribution in [0.15, 0.2) is 23.6 Å². The van der Waals surface area contributed by atoms with Gasteiger partial charge in [0, 0.05) is 23.3 Å². The van der Waals surface area contributed by atoms with Gasteiger partial charge >= 0.3 is 0 Å². The number of nitrogens with two attached hydrogens (primary N) is 1. The van der Waals surface area contributed by atoms with Gasteiger partial charge in [0.25, 0.3) is 0 Å². The Labute approximate surface area is 137 Å². The molecule has 0 saturated carbocycles. The normalized spacial score (nSPS) is 16.4. The summed E-state index contributed by atoms with van der Waals surface area (Å²) >= 11 is 1.74. The molecule has 2 nitrogen and oxygen atoms in total. The van der Waals surface area contributed by atoms with E-state index in [-0.39, 0.29) is 11.5 Å². The Balaban J connectivity index is 1.74. The van der Waals surface area contributed by atoms with Crippen LogP contribution >= 0.6 is 11.3 Å². The lowest BCUT2D eigenvalue weighted by Crippen LogP contribution is -2.16. The largest absolute Gasteiger partial charge is 0.324 e. The van der Waals surface area contributed by atoms with Crippen molar-refractivity contribution in [1.82, 2.24) is 4.98 Å². The maximum atomic E-state index is 6.45. The van der Waals surface area contributed by atoms with E-state index < -0.39 is 0 Å². The van der Waals surface area contributed by atoms with Crippen molar-refractivity contribution in [3.05, 3.63) is 51.0 Å². The molecule has 0 amide bonds. The minimum absolute atomic E-state index is 0.0474. The zero-order valence-electron chi connectivity index (χ0n) is 13.9. The zero-order valence-corrected chi connectivity index (χ0v) is 14.7. The predicted octanol–water partition coefficient (Wildman–Crippen LogP) is 4.56. The Morgan fingerprint density at radius 3 is 2.59 bits per heavy atom. The molecule has 1 unspecified atom stereocenters. The van der Waals surface area contributed by atoms with E-state index in [1.54, 1.807) is 11.3 Å². The van der Waals surface area contributed by atoms with Gasteiger partial charge in [0.2, 0.25) is 0 Å². The molecule has 22 heavy (non-hydrogen) atoms. The van der Waals surface area contributed by atoms with E-state index in [4.69, 9.17) is 10.7 Å². The van der Waals surface area contributed by atoms with Crippen LogP contribution < -0.4 is 5.73 Å². The van der Waals surface area contributed by atoms with Crippen LogP contribution in [0.3, 0.4) is 0 Å². The number of nitrogens with zero attached hydrogens (tertiary/aromatic N) is 1. The van der Waals surface area contributed by atoms with Crippen LogP contribution in [-0.2, 0) is 24.7 Å². The van der Waals surface area contributed by atoms with E-state index in [1.807, 2.05) is 0 Å². The summed E-state index contributed by atoms with van der Waals surface area (Å²) in [4.78, 5) is 4.77. The highest BCUT2D eigenvalue weighted by Crippen LogP contribution is 2.28. The third-order valence-corrected chi connectivity index (χ3v) is 5.39. The van der Waals surface area contributed by atoms with Crippen molar-refractivity contribution in [2.24, 2.45) is 5.73 Å². The molecule has 1 aromatic heterocycles. The third-order valence-electron chi connectivity index (χ3n) is 4.52. The Morgan fingerprint density at radius 2 is 1.91 bits per heavy atom. The highest BCUT2D eigenvalue weighted by Gasteiger charge is 2.19.